The highest BCUT2D eigenvalue weighted by Crippen LogP contribution is 2.43. The lowest BCUT2D eigenvalue weighted by Crippen LogP contribution is -2.42. The van der Waals surface area contributed by atoms with Crippen LogP contribution in [0.2, 0.25) is 0 Å². The molecule has 32 heavy (non-hydrogen) atoms. The molecule has 1 aliphatic heterocycles. The van der Waals surface area contributed by atoms with Crippen molar-refractivity contribution in [2.75, 3.05) is 11.4 Å². The second-order valence-electron chi connectivity index (χ2n) is 8.09. The number of amides is 1. The number of H-pyrrole nitrogens is 1. The molecule has 1 amide bonds. The van der Waals surface area contributed by atoms with Crippen molar-refractivity contribution in [3.8, 4) is 5.75 Å². The molecule has 0 saturated carbocycles. The lowest BCUT2D eigenvalue weighted by Gasteiger charge is -2.23. The van der Waals surface area contributed by atoms with E-state index in [-0.39, 0.29) is 11.3 Å². The molecule has 0 saturated heterocycles. The Kier molecular flexibility index (Phi) is 4.79. The van der Waals surface area contributed by atoms with Crippen LogP contribution in [0.1, 0.15) is 27.9 Å². The highest BCUT2D eigenvalue weighted by Gasteiger charge is 2.50. The molecule has 0 radical (unpaired) electrons. The number of benzene rings is 3. The average Bonchev–Trinajstić information content (AvgIpc) is 3.30. The van der Waals surface area contributed by atoms with Gasteiger partial charge in [-0.15, -0.1) is 0 Å². The number of phenolic OH excluding ortho intramolecular Hbond substituents is 1. The van der Waals surface area contributed by atoms with Crippen molar-refractivity contribution in [3.63, 3.8) is 0 Å². The molecule has 1 unspecified atom stereocenters. The summed E-state index contributed by atoms with van der Waals surface area (Å²) in [5, 5.41) is 22.2. The molecule has 3 N–H and O–H groups in total. The summed E-state index contributed by atoms with van der Waals surface area (Å²) in [6, 6.07) is 20.9. The van der Waals surface area contributed by atoms with Crippen LogP contribution < -0.4 is 4.90 Å². The van der Waals surface area contributed by atoms with E-state index in [0.717, 1.165) is 16.5 Å². The van der Waals surface area contributed by atoms with Crippen LogP contribution in [0, 0.1) is 0 Å². The summed E-state index contributed by atoms with van der Waals surface area (Å²) in [7, 11) is 0. The summed E-state index contributed by atoms with van der Waals surface area (Å²) in [5.74, 6) is -0.960. The Balaban J connectivity index is 1.43. The lowest BCUT2D eigenvalue weighted by atomic mass is 9.88. The largest absolute Gasteiger partial charge is 0.508 e. The van der Waals surface area contributed by atoms with E-state index < -0.39 is 23.7 Å². The number of carbonyl (C=O) groups is 2. The number of aromatic amines is 1. The third kappa shape index (κ3) is 3.25. The Hall–Kier alpha value is -3.90. The summed E-state index contributed by atoms with van der Waals surface area (Å²) in [6.45, 7) is 0.375. The van der Waals surface area contributed by atoms with Crippen molar-refractivity contribution < 1.29 is 19.8 Å². The van der Waals surface area contributed by atoms with Crippen molar-refractivity contribution in [2.24, 2.45) is 0 Å². The van der Waals surface area contributed by atoms with E-state index in [9.17, 15) is 19.8 Å². The molecule has 4 aromatic rings. The first-order valence-electron chi connectivity index (χ1n) is 10.5. The number of nitrogens with zero attached hydrogens (tertiary/aromatic N) is 1. The third-order valence-electron chi connectivity index (χ3n) is 6.10. The van der Waals surface area contributed by atoms with Crippen molar-refractivity contribution in [1.82, 2.24) is 4.98 Å². The fourth-order valence-corrected chi connectivity index (χ4v) is 4.48. The minimum absolute atomic E-state index is 0.0404. The van der Waals surface area contributed by atoms with Crippen LogP contribution in [-0.4, -0.2) is 33.4 Å². The van der Waals surface area contributed by atoms with E-state index in [1.165, 1.54) is 12.1 Å². The van der Waals surface area contributed by atoms with Crippen LogP contribution in [-0.2, 0) is 16.8 Å². The number of nitrogens with one attached hydrogen (secondary N) is 1. The molecule has 1 aromatic heterocycles. The normalized spacial score (nSPS) is 17.7. The van der Waals surface area contributed by atoms with Gasteiger partial charge in [0, 0.05) is 34.8 Å². The highest BCUT2D eigenvalue weighted by molar-refractivity contribution is 6.10. The van der Waals surface area contributed by atoms with Gasteiger partial charge >= 0.3 is 0 Å². The van der Waals surface area contributed by atoms with Gasteiger partial charge < -0.3 is 20.1 Å². The minimum atomic E-state index is -1.95. The number of aromatic nitrogens is 1. The van der Waals surface area contributed by atoms with E-state index in [2.05, 4.69) is 4.98 Å². The van der Waals surface area contributed by atoms with Crippen molar-refractivity contribution in [1.29, 1.82) is 0 Å². The molecule has 6 nitrogen and oxygen atoms in total. The lowest BCUT2D eigenvalue weighted by molar-refractivity contribution is -0.135. The number of ketones is 1. The Morgan fingerprint density at radius 3 is 2.62 bits per heavy atom. The first-order chi connectivity index (χ1) is 15.5. The fraction of sp³-hybridized carbons (Fsp3) is 0.154. The molecule has 1 atom stereocenters. The zero-order chi connectivity index (χ0) is 22.3. The molecule has 2 heterocycles. The number of carbonyl (C=O) groups excluding carboxylic acids is 2. The number of Topliss-reactive ketones (excluding diaryl/α,β-unsaturated/α-hetero) is 1. The smallest absolute Gasteiger partial charge is 0.264 e. The third-order valence-corrected chi connectivity index (χ3v) is 6.10. The number of aromatic hydroxyl groups is 1. The Morgan fingerprint density at radius 1 is 1.00 bits per heavy atom. The Bertz CT molecular complexity index is 1340. The molecule has 0 fully saturated rings. The second kappa shape index (κ2) is 7.66. The van der Waals surface area contributed by atoms with Crippen molar-refractivity contribution in [2.45, 2.75) is 18.4 Å². The van der Waals surface area contributed by atoms with E-state index in [0.29, 0.717) is 24.2 Å². The Morgan fingerprint density at radius 2 is 1.78 bits per heavy atom. The topological polar surface area (TPSA) is 93.6 Å². The predicted molar refractivity (Wildman–Crippen MR) is 122 cm³/mol. The average molecular weight is 426 g/mol. The maximum Gasteiger partial charge on any atom is 0.264 e. The van der Waals surface area contributed by atoms with Gasteiger partial charge in [0.15, 0.2) is 11.4 Å². The molecule has 0 spiro atoms. The van der Waals surface area contributed by atoms with Gasteiger partial charge in [-0.25, -0.2) is 0 Å². The highest BCUT2D eigenvalue weighted by atomic mass is 16.3. The van der Waals surface area contributed by atoms with Gasteiger partial charge in [0.2, 0.25) is 0 Å². The molecular weight excluding hydrogens is 404 g/mol. The number of hydrogen-bond acceptors (Lipinski definition) is 4. The maximum absolute atomic E-state index is 13.4. The summed E-state index contributed by atoms with van der Waals surface area (Å²) in [6.07, 6.45) is 2.14. The van der Waals surface area contributed by atoms with Crippen LogP contribution in [0.3, 0.4) is 0 Å². The minimum Gasteiger partial charge on any atom is -0.508 e. The molecule has 0 bridgehead atoms. The summed E-state index contributed by atoms with van der Waals surface area (Å²) >= 11 is 0. The molecule has 0 aliphatic carbocycles. The molecule has 1 aliphatic rings. The van der Waals surface area contributed by atoms with E-state index in [1.807, 2.05) is 36.5 Å². The van der Waals surface area contributed by atoms with Crippen molar-refractivity contribution in [3.05, 3.63) is 95.7 Å². The first kappa shape index (κ1) is 20.0. The fourth-order valence-electron chi connectivity index (χ4n) is 4.48. The summed E-state index contributed by atoms with van der Waals surface area (Å²) < 4.78 is 0. The number of hydrogen-bond donors (Lipinski definition) is 3. The second-order valence-corrected chi connectivity index (χ2v) is 8.09. The van der Waals surface area contributed by atoms with Crippen molar-refractivity contribution >= 4 is 28.3 Å². The first-order valence-corrected chi connectivity index (χ1v) is 10.5. The quantitative estimate of drug-likeness (QED) is 0.407. The van der Waals surface area contributed by atoms with Gasteiger partial charge in [-0.1, -0.05) is 48.5 Å². The van der Waals surface area contributed by atoms with Gasteiger partial charge in [0.25, 0.3) is 5.91 Å². The number of anilines is 1. The van der Waals surface area contributed by atoms with Gasteiger partial charge in [0.1, 0.15) is 5.75 Å². The van der Waals surface area contributed by atoms with Crippen LogP contribution in [0.5, 0.6) is 5.75 Å². The van der Waals surface area contributed by atoms with E-state index >= 15 is 0 Å². The Labute approximate surface area is 184 Å². The summed E-state index contributed by atoms with van der Waals surface area (Å²) in [4.78, 5) is 31.1. The monoisotopic (exact) mass is 426 g/mol. The number of aliphatic hydroxyl groups is 1. The number of phenols is 1. The van der Waals surface area contributed by atoms with Gasteiger partial charge in [0.05, 0.1) is 12.1 Å². The molecule has 3 aromatic carbocycles. The molecule has 160 valence electrons. The van der Waals surface area contributed by atoms with Gasteiger partial charge in [-0.05, 0) is 36.2 Å². The predicted octanol–water partition coefficient (Wildman–Crippen LogP) is 3.92. The van der Waals surface area contributed by atoms with Crippen LogP contribution in [0.15, 0.2) is 79.0 Å². The van der Waals surface area contributed by atoms with Crippen LogP contribution >= 0.6 is 0 Å². The van der Waals surface area contributed by atoms with E-state index in [1.54, 1.807) is 35.2 Å². The number of rotatable bonds is 6. The van der Waals surface area contributed by atoms with E-state index in [4.69, 9.17) is 0 Å². The van der Waals surface area contributed by atoms with Gasteiger partial charge in [-0.2, -0.15) is 0 Å². The van der Waals surface area contributed by atoms with Crippen LogP contribution in [0.25, 0.3) is 10.9 Å². The maximum atomic E-state index is 13.4. The SMILES string of the molecule is O=C(CC1(O)C(=O)N(CCc2c[nH]c3ccccc23)c2ccccc21)c1cccc(O)c1. The van der Waals surface area contributed by atoms with Gasteiger partial charge in [-0.3, -0.25) is 9.59 Å². The zero-order valence-corrected chi connectivity index (χ0v) is 17.3. The molecular formula is C26H22N2O4. The van der Waals surface area contributed by atoms with Crippen LogP contribution in [0.4, 0.5) is 5.69 Å². The molecule has 6 heteroatoms. The summed E-state index contributed by atoms with van der Waals surface area (Å²) in [5.41, 5.74) is 1.46. The molecule has 5 rings (SSSR count). The number of fused-ring (bicyclic) bond motifs is 2. The zero-order valence-electron chi connectivity index (χ0n) is 17.3. The standard InChI is InChI=1S/C26H22N2O4/c29-19-7-5-6-17(14-19)24(30)15-26(32)21-9-2-4-11-23(21)28(25(26)31)13-12-18-16-27-22-10-3-1-8-20(18)22/h1-11,14,16,27,29,32H,12-13,15H2. The number of para-hydroxylation sites is 2.